The highest BCUT2D eigenvalue weighted by Crippen LogP contribution is 2.14. The van der Waals surface area contributed by atoms with Crippen LogP contribution in [0.3, 0.4) is 0 Å². The van der Waals surface area contributed by atoms with E-state index >= 15 is 0 Å². The number of ether oxygens (including phenoxy) is 1. The summed E-state index contributed by atoms with van der Waals surface area (Å²) in [7, 11) is 0. The minimum absolute atomic E-state index is 0.103. The minimum Gasteiger partial charge on any atom is -0.461 e. The number of carbonyl (C=O) groups excluding carboxylic acids is 1. The maximum absolute atomic E-state index is 11.3. The van der Waals surface area contributed by atoms with E-state index in [1.165, 1.54) is 76.7 Å². The first-order chi connectivity index (χ1) is 11.7. The third-order valence-corrected chi connectivity index (χ3v) is 4.41. The van der Waals surface area contributed by atoms with Crippen LogP contribution in [0.2, 0.25) is 0 Å². The number of aliphatic hydroxyl groups excluding tert-OH is 1. The van der Waals surface area contributed by atoms with Gasteiger partial charge in [0.1, 0.15) is 6.61 Å². The average Bonchev–Trinajstić information content (AvgIpc) is 2.57. The summed E-state index contributed by atoms with van der Waals surface area (Å²) in [6.07, 6.45) is 18.9. The van der Waals surface area contributed by atoms with Gasteiger partial charge < -0.3 is 9.84 Å². The molecule has 0 fully saturated rings. The van der Waals surface area contributed by atoms with Gasteiger partial charge in [-0.1, -0.05) is 103 Å². The Hall–Kier alpha value is -0.830. The van der Waals surface area contributed by atoms with Gasteiger partial charge in [-0.2, -0.15) is 0 Å². The second-order valence-corrected chi connectivity index (χ2v) is 6.86. The van der Waals surface area contributed by atoms with Crippen LogP contribution in [-0.4, -0.2) is 23.8 Å². The van der Waals surface area contributed by atoms with Crippen molar-refractivity contribution < 1.29 is 14.6 Å². The van der Waals surface area contributed by atoms with Crippen LogP contribution in [0.1, 0.15) is 103 Å². The molecule has 142 valence electrons. The molecule has 0 aromatic carbocycles. The molecule has 0 aromatic heterocycles. The molecule has 0 saturated heterocycles. The maximum atomic E-state index is 11.3. The molecule has 0 saturated carbocycles. The zero-order valence-corrected chi connectivity index (χ0v) is 15.9. The summed E-state index contributed by atoms with van der Waals surface area (Å²) in [5.74, 6) is -0.336. The predicted molar refractivity (Wildman–Crippen MR) is 102 cm³/mol. The molecule has 1 unspecified atom stereocenters. The molecule has 0 aliphatic heterocycles. The van der Waals surface area contributed by atoms with Crippen molar-refractivity contribution >= 4 is 5.97 Å². The number of carbonyl (C=O) groups is 1. The van der Waals surface area contributed by atoms with Crippen LogP contribution in [-0.2, 0) is 9.53 Å². The summed E-state index contributed by atoms with van der Waals surface area (Å²) in [6.45, 7) is 5.98. The molecule has 0 heterocycles. The number of hydrogen-bond acceptors (Lipinski definition) is 3. The van der Waals surface area contributed by atoms with Gasteiger partial charge in [0.05, 0.1) is 12.5 Å². The van der Waals surface area contributed by atoms with Crippen molar-refractivity contribution in [3.8, 4) is 0 Å². The lowest BCUT2D eigenvalue weighted by Crippen LogP contribution is -2.15. The summed E-state index contributed by atoms with van der Waals surface area (Å²) in [5.41, 5.74) is 0. The van der Waals surface area contributed by atoms with Crippen molar-refractivity contribution in [1.82, 2.24) is 0 Å². The second kappa shape index (κ2) is 18.5. The Balaban J connectivity index is 3.21. The van der Waals surface area contributed by atoms with Crippen LogP contribution < -0.4 is 0 Å². The average molecular weight is 341 g/mol. The molecule has 0 aromatic rings. The maximum Gasteiger partial charge on any atom is 0.308 e. The van der Waals surface area contributed by atoms with E-state index < -0.39 is 6.10 Å². The van der Waals surface area contributed by atoms with Gasteiger partial charge in [-0.15, -0.1) is 0 Å². The van der Waals surface area contributed by atoms with Crippen molar-refractivity contribution in [2.24, 2.45) is 0 Å². The third kappa shape index (κ3) is 17.5. The SMILES string of the molecule is C=CCOC(=O)CC(O)CCCCCCCCCCCCCCC. The van der Waals surface area contributed by atoms with E-state index in [9.17, 15) is 9.90 Å². The lowest BCUT2D eigenvalue weighted by molar-refractivity contribution is -0.144. The zero-order chi connectivity index (χ0) is 17.9. The molecule has 1 atom stereocenters. The second-order valence-electron chi connectivity index (χ2n) is 6.86. The Bertz CT molecular complexity index is 289. The number of aliphatic hydroxyl groups is 1. The Kier molecular flexibility index (Phi) is 17.9. The van der Waals surface area contributed by atoms with Crippen LogP contribution in [0.25, 0.3) is 0 Å². The molecule has 24 heavy (non-hydrogen) atoms. The van der Waals surface area contributed by atoms with Gasteiger partial charge in [0.25, 0.3) is 0 Å². The highest BCUT2D eigenvalue weighted by molar-refractivity contribution is 5.69. The first-order valence-electron chi connectivity index (χ1n) is 10.1. The first-order valence-corrected chi connectivity index (χ1v) is 10.1. The van der Waals surface area contributed by atoms with Gasteiger partial charge in [-0.25, -0.2) is 0 Å². The quantitative estimate of drug-likeness (QED) is 0.190. The fourth-order valence-electron chi connectivity index (χ4n) is 2.90. The van der Waals surface area contributed by atoms with Crippen LogP contribution >= 0.6 is 0 Å². The highest BCUT2D eigenvalue weighted by Gasteiger charge is 2.11. The first kappa shape index (κ1) is 23.2. The summed E-state index contributed by atoms with van der Waals surface area (Å²) in [6, 6.07) is 0. The van der Waals surface area contributed by atoms with E-state index in [1.807, 2.05) is 0 Å². The molecule has 0 radical (unpaired) electrons. The number of esters is 1. The lowest BCUT2D eigenvalue weighted by atomic mass is 10.0. The van der Waals surface area contributed by atoms with Crippen molar-refractivity contribution in [2.75, 3.05) is 6.61 Å². The van der Waals surface area contributed by atoms with E-state index in [4.69, 9.17) is 4.74 Å². The van der Waals surface area contributed by atoms with Gasteiger partial charge >= 0.3 is 5.97 Å². The third-order valence-electron chi connectivity index (χ3n) is 4.41. The predicted octanol–water partition coefficient (Wildman–Crippen LogP) is 5.95. The Morgan fingerprint density at radius 2 is 1.38 bits per heavy atom. The van der Waals surface area contributed by atoms with E-state index in [1.54, 1.807) is 0 Å². The molecular formula is C21H40O3. The summed E-state index contributed by atoms with van der Waals surface area (Å²) in [4.78, 5) is 11.3. The molecule has 0 aliphatic rings. The number of hydrogen-bond donors (Lipinski definition) is 1. The van der Waals surface area contributed by atoms with E-state index in [0.29, 0.717) is 6.42 Å². The van der Waals surface area contributed by atoms with Crippen LogP contribution in [0.5, 0.6) is 0 Å². The van der Waals surface area contributed by atoms with Crippen molar-refractivity contribution in [2.45, 2.75) is 109 Å². The highest BCUT2D eigenvalue weighted by atomic mass is 16.5. The standard InChI is InChI=1S/C21H40O3/c1-3-5-6-7-8-9-10-11-12-13-14-15-16-17-20(22)19-21(23)24-18-4-2/h4,20,22H,2-3,5-19H2,1H3. The number of rotatable bonds is 18. The van der Waals surface area contributed by atoms with Crippen LogP contribution in [0.4, 0.5) is 0 Å². The van der Waals surface area contributed by atoms with Gasteiger partial charge in [-0.3, -0.25) is 4.79 Å². The molecule has 1 N–H and O–H groups in total. The van der Waals surface area contributed by atoms with E-state index in [2.05, 4.69) is 13.5 Å². The molecule has 0 bridgehead atoms. The van der Waals surface area contributed by atoms with E-state index in [-0.39, 0.29) is 19.0 Å². The minimum atomic E-state index is -0.560. The molecule has 3 heteroatoms. The van der Waals surface area contributed by atoms with Crippen molar-refractivity contribution in [3.05, 3.63) is 12.7 Å². The number of unbranched alkanes of at least 4 members (excludes halogenated alkanes) is 12. The molecular weight excluding hydrogens is 300 g/mol. The van der Waals surface area contributed by atoms with Gasteiger partial charge in [0.2, 0.25) is 0 Å². The Morgan fingerprint density at radius 1 is 0.917 bits per heavy atom. The van der Waals surface area contributed by atoms with E-state index in [0.717, 1.165) is 12.8 Å². The van der Waals surface area contributed by atoms with Crippen molar-refractivity contribution in [3.63, 3.8) is 0 Å². The Labute approximate surface area is 149 Å². The zero-order valence-electron chi connectivity index (χ0n) is 15.9. The van der Waals surface area contributed by atoms with Crippen molar-refractivity contribution in [1.29, 1.82) is 0 Å². The fourth-order valence-corrected chi connectivity index (χ4v) is 2.90. The molecule has 0 aliphatic carbocycles. The molecule has 0 amide bonds. The smallest absolute Gasteiger partial charge is 0.308 e. The summed E-state index contributed by atoms with van der Waals surface area (Å²) < 4.78 is 4.86. The monoisotopic (exact) mass is 340 g/mol. The fraction of sp³-hybridized carbons (Fsp3) is 0.857. The van der Waals surface area contributed by atoms with Gasteiger partial charge in [-0.05, 0) is 6.42 Å². The van der Waals surface area contributed by atoms with Crippen LogP contribution in [0, 0.1) is 0 Å². The molecule has 0 spiro atoms. The van der Waals surface area contributed by atoms with Gasteiger partial charge in [0, 0.05) is 0 Å². The summed E-state index contributed by atoms with van der Waals surface area (Å²) in [5, 5.41) is 9.77. The summed E-state index contributed by atoms with van der Waals surface area (Å²) >= 11 is 0. The largest absolute Gasteiger partial charge is 0.461 e. The molecule has 3 nitrogen and oxygen atoms in total. The lowest BCUT2D eigenvalue weighted by Gasteiger charge is -2.09. The Morgan fingerprint density at radius 3 is 1.83 bits per heavy atom. The molecule has 0 rings (SSSR count). The van der Waals surface area contributed by atoms with Crippen LogP contribution in [0.15, 0.2) is 12.7 Å². The van der Waals surface area contributed by atoms with Gasteiger partial charge in [0.15, 0.2) is 0 Å². The topological polar surface area (TPSA) is 46.5 Å². The normalized spacial score (nSPS) is 12.1.